The zero-order valence-electron chi connectivity index (χ0n) is 7.50. The van der Waals surface area contributed by atoms with Crippen LogP contribution in [0.25, 0.3) is 0 Å². The fraction of sp³-hybridized carbons (Fsp3) is 0.556. The Hall–Kier alpha value is -0.770. The Morgan fingerprint density at radius 3 is 2.85 bits per heavy atom. The molecule has 2 atom stereocenters. The van der Waals surface area contributed by atoms with Crippen LogP contribution in [0.15, 0.2) is 5.38 Å². The highest BCUT2D eigenvalue weighted by Crippen LogP contribution is 2.50. The van der Waals surface area contributed by atoms with Gasteiger partial charge >= 0.3 is 0 Å². The normalized spacial score (nSPS) is 31.8. The molecular formula is C9H10FNOS. The lowest BCUT2D eigenvalue weighted by Gasteiger charge is -2.02. The van der Waals surface area contributed by atoms with E-state index >= 15 is 0 Å². The maximum absolute atomic E-state index is 12.9. The average Bonchev–Trinajstić information content (AvgIpc) is 2.51. The predicted molar refractivity (Wildman–Crippen MR) is 48.8 cm³/mol. The molecule has 0 spiro atoms. The molecular weight excluding hydrogens is 189 g/mol. The minimum absolute atomic E-state index is 0.149. The number of hydrogen-bond acceptors (Lipinski definition) is 3. The van der Waals surface area contributed by atoms with Crippen LogP contribution in [0.4, 0.5) is 4.39 Å². The first-order valence-corrected chi connectivity index (χ1v) is 5.03. The van der Waals surface area contributed by atoms with Crippen molar-refractivity contribution in [3.05, 3.63) is 16.1 Å². The molecule has 1 fully saturated rings. The van der Waals surface area contributed by atoms with Crippen LogP contribution in [-0.2, 0) is 0 Å². The summed E-state index contributed by atoms with van der Waals surface area (Å²) < 4.78 is 12.9. The van der Waals surface area contributed by atoms with E-state index in [1.54, 1.807) is 12.3 Å². The summed E-state index contributed by atoms with van der Waals surface area (Å²) in [5.41, 5.74) is -0.356. The maximum atomic E-state index is 12.9. The number of ketones is 1. The Balaban J connectivity index is 2.24. The molecule has 0 saturated heterocycles. The summed E-state index contributed by atoms with van der Waals surface area (Å²) in [5, 5.41) is 2.55. The van der Waals surface area contributed by atoms with Gasteiger partial charge < -0.3 is 0 Å². The first-order valence-electron chi connectivity index (χ1n) is 4.15. The lowest BCUT2D eigenvalue weighted by Crippen LogP contribution is -2.15. The SMILES string of the molecule is Cc1nc(C(=O)C2(C)CC2F)cs1. The summed E-state index contributed by atoms with van der Waals surface area (Å²) in [7, 11) is 0. The predicted octanol–water partition coefficient (Wildman–Crippen LogP) is 2.38. The number of thiazole rings is 1. The average molecular weight is 199 g/mol. The van der Waals surface area contributed by atoms with Gasteiger partial charge in [-0.2, -0.15) is 0 Å². The van der Waals surface area contributed by atoms with Crippen LogP contribution >= 0.6 is 11.3 Å². The zero-order valence-corrected chi connectivity index (χ0v) is 8.32. The third kappa shape index (κ3) is 1.29. The van der Waals surface area contributed by atoms with Gasteiger partial charge in [0.25, 0.3) is 0 Å². The number of aromatic nitrogens is 1. The lowest BCUT2D eigenvalue weighted by molar-refractivity contribution is 0.0888. The van der Waals surface area contributed by atoms with Gasteiger partial charge in [-0.05, 0) is 20.3 Å². The number of Topliss-reactive ketones (excluding diaryl/α,β-unsaturated/α-hetero) is 1. The number of hydrogen-bond donors (Lipinski definition) is 0. The van der Waals surface area contributed by atoms with Crippen LogP contribution in [-0.4, -0.2) is 16.9 Å². The highest BCUT2D eigenvalue weighted by atomic mass is 32.1. The van der Waals surface area contributed by atoms with E-state index in [-0.39, 0.29) is 5.78 Å². The molecule has 2 rings (SSSR count). The van der Waals surface area contributed by atoms with Crippen LogP contribution in [0.5, 0.6) is 0 Å². The fourth-order valence-corrected chi connectivity index (χ4v) is 1.90. The first kappa shape index (κ1) is 8.81. The highest BCUT2D eigenvalue weighted by Gasteiger charge is 2.57. The molecule has 1 aromatic heterocycles. The van der Waals surface area contributed by atoms with Crippen LogP contribution < -0.4 is 0 Å². The van der Waals surface area contributed by atoms with E-state index in [1.807, 2.05) is 6.92 Å². The van der Waals surface area contributed by atoms with Gasteiger partial charge in [-0.15, -0.1) is 11.3 Å². The van der Waals surface area contributed by atoms with Gasteiger partial charge in [-0.3, -0.25) is 4.79 Å². The smallest absolute Gasteiger partial charge is 0.190 e. The topological polar surface area (TPSA) is 30.0 Å². The number of nitrogens with zero attached hydrogens (tertiary/aromatic N) is 1. The van der Waals surface area contributed by atoms with Crippen molar-refractivity contribution < 1.29 is 9.18 Å². The van der Waals surface area contributed by atoms with Crippen LogP contribution in [0.1, 0.15) is 28.8 Å². The lowest BCUT2D eigenvalue weighted by atomic mass is 10.0. The Morgan fingerprint density at radius 2 is 2.46 bits per heavy atom. The molecule has 1 aliphatic rings. The van der Waals surface area contributed by atoms with E-state index in [0.717, 1.165) is 5.01 Å². The molecule has 1 saturated carbocycles. The molecule has 2 nitrogen and oxygen atoms in total. The van der Waals surface area contributed by atoms with Crippen molar-refractivity contribution >= 4 is 17.1 Å². The van der Waals surface area contributed by atoms with Crippen molar-refractivity contribution in [2.45, 2.75) is 26.4 Å². The molecule has 0 radical (unpaired) electrons. The molecule has 13 heavy (non-hydrogen) atoms. The Kier molecular flexibility index (Phi) is 1.77. The number of carbonyl (C=O) groups excluding carboxylic acids is 1. The molecule has 0 aromatic carbocycles. The third-order valence-electron chi connectivity index (χ3n) is 2.50. The second-order valence-corrected chi connectivity index (χ2v) is 4.73. The summed E-state index contributed by atoms with van der Waals surface area (Å²) in [5.74, 6) is -0.149. The standard InChI is InChI=1S/C9H10FNOS/c1-5-11-6(4-13-5)8(12)9(2)3-7(9)10/h4,7H,3H2,1-2H3. The molecule has 1 aliphatic carbocycles. The van der Waals surface area contributed by atoms with E-state index in [4.69, 9.17) is 0 Å². The molecule has 70 valence electrons. The van der Waals surface area contributed by atoms with Gasteiger partial charge in [0.1, 0.15) is 11.9 Å². The third-order valence-corrected chi connectivity index (χ3v) is 3.28. The maximum Gasteiger partial charge on any atom is 0.190 e. The molecule has 4 heteroatoms. The van der Waals surface area contributed by atoms with Crippen LogP contribution in [0.3, 0.4) is 0 Å². The molecule has 0 amide bonds. The van der Waals surface area contributed by atoms with Crippen molar-refractivity contribution in [3.63, 3.8) is 0 Å². The number of halogens is 1. The van der Waals surface area contributed by atoms with Crippen molar-refractivity contribution in [3.8, 4) is 0 Å². The quantitative estimate of drug-likeness (QED) is 0.684. The van der Waals surface area contributed by atoms with Crippen molar-refractivity contribution in [2.24, 2.45) is 5.41 Å². The Labute approximate surface area is 79.8 Å². The van der Waals surface area contributed by atoms with E-state index in [0.29, 0.717) is 12.1 Å². The van der Waals surface area contributed by atoms with Gasteiger partial charge in [0.2, 0.25) is 0 Å². The monoisotopic (exact) mass is 199 g/mol. The summed E-state index contributed by atoms with van der Waals surface area (Å²) in [6.45, 7) is 3.50. The molecule has 0 aliphatic heterocycles. The van der Waals surface area contributed by atoms with Crippen molar-refractivity contribution in [1.82, 2.24) is 4.98 Å². The Bertz CT molecular complexity index is 362. The summed E-state index contributed by atoms with van der Waals surface area (Å²) in [4.78, 5) is 15.7. The number of alkyl halides is 1. The highest BCUT2D eigenvalue weighted by molar-refractivity contribution is 7.09. The van der Waals surface area contributed by atoms with Crippen molar-refractivity contribution in [1.29, 1.82) is 0 Å². The summed E-state index contributed by atoms with van der Waals surface area (Å²) in [6.07, 6.45) is -0.621. The second kappa shape index (κ2) is 2.61. The molecule has 0 bridgehead atoms. The number of aryl methyl sites for hydroxylation is 1. The number of rotatable bonds is 2. The van der Waals surface area contributed by atoms with Crippen molar-refractivity contribution in [2.75, 3.05) is 0 Å². The van der Waals surface area contributed by atoms with Crippen LogP contribution in [0, 0.1) is 12.3 Å². The molecule has 1 heterocycles. The second-order valence-electron chi connectivity index (χ2n) is 3.67. The number of carbonyl (C=O) groups is 1. The van der Waals surface area contributed by atoms with E-state index in [1.165, 1.54) is 11.3 Å². The van der Waals surface area contributed by atoms with E-state index in [9.17, 15) is 9.18 Å². The van der Waals surface area contributed by atoms with Gasteiger partial charge in [0, 0.05) is 5.38 Å². The Morgan fingerprint density at radius 1 is 1.85 bits per heavy atom. The largest absolute Gasteiger partial charge is 0.292 e. The fourth-order valence-electron chi connectivity index (χ4n) is 1.31. The van der Waals surface area contributed by atoms with E-state index < -0.39 is 11.6 Å². The molecule has 0 N–H and O–H groups in total. The first-order chi connectivity index (χ1) is 6.04. The minimum Gasteiger partial charge on any atom is -0.292 e. The summed E-state index contributed by atoms with van der Waals surface area (Å²) >= 11 is 1.42. The zero-order chi connectivity index (χ0) is 9.64. The van der Waals surface area contributed by atoms with Gasteiger partial charge in [-0.25, -0.2) is 9.37 Å². The molecule has 1 aromatic rings. The van der Waals surface area contributed by atoms with Gasteiger partial charge in [0.15, 0.2) is 5.78 Å². The van der Waals surface area contributed by atoms with E-state index in [2.05, 4.69) is 4.98 Å². The minimum atomic E-state index is -0.970. The van der Waals surface area contributed by atoms with Crippen LogP contribution in [0.2, 0.25) is 0 Å². The van der Waals surface area contributed by atoms with Gasteiger partial charge in [-0.1, -0.05) is 0 Å². The molecule has 2 unspecified atom stereocenters. The van der Waals surface area contributed by atoms with Gasteiger partial charge in [0.05, 0.1) is 10.4 Å². The summed E-state index contributed by atoms with van der Waals surface area (Å²) in [6, 6.07) is 0.